The molecule has 1 saturated heterocycles. The molecule has 1 aliphatic rings. The van der Waals surface area contributed by atoms with Gasteiger partial charge in [0.05, 0.1) is 11.1 Å². The molecule has 0 aromatic carbocycles. The van der Waals surface area contributed by atoms with Gasteiger partial charge in [0.15, 0.2) is 0 Å². The molecule has 2 unspecified atom stereocenters. The SMILES string of the molecule is CCC(=O)ON1C(C)(C)CC(O[N+](=O)[O-])CC(O[N+](=O)[O-])C1(C)C. The molecular formula is C13H23N3O8. The van der Waals surface area contributed by atoms with Crippen molar-refractivity contribution in [3.8, 4) is 0 Å². The summed E-state index contributed by atoms with van der Waals surface area (Å²) in [6, 6.07) is 0. The predicted molar refractivity (Wildman–Crippen MR) is 79.3 cm³/mol. The van der Waals surface area contributed by atoms with Crippen molar-refractivity contribution in [3.05, 3.63) is 20.2 Å². The van der Waals surface area contributed by atoms with E-state index in [9.17, 15) is 25.0 Å². The number of rotatable bonds is 6. The minimum atomic E-state index is -1.11. The summed E-state index contributed by atoms with van der Waals surface area (Å²) in [5.41, 5.74) is -1.99. The summed E-state index contributed by atoms with van der Waals surface area (Å²) >= 11 is 0. The fraction of sp³-hybridized carbons (Fsp3) is 0.923. The summed E-state index contributed by atoms with van der Waals surface area (Å²) in [6.45, 7) is 8.26. The summed E-state index contributed by atoms with van der Waals surface area (Å²) < 4.78 is 0. The summed E-state index contributed by atoms with van der Waals surface area (Å²) in [5.74, 6) is -0.523. The number of hydrogen-bond acceptors (Lipinski definition) is 9. The van der Waals surface area contributed by atoms with E-state index in [4.69, 9.17) is 9.68 Å². The molecule has 0 saturated carbocycles. The highest BCUT2D eigenvalue weighted by Crippen LogP contribution is 2.39. The molecule has 2 atom stereocenters. The van der Waals surface area contributed by atoms with Gasteiger partial charge in [0, 0.05) is 12.8 Å². The molecule has 0 amide bonds. The average molecular weight is 349 g/mol. The lowest BCUT2D eigenvalue weighted by molar-refractivity contribution is -0.780. The monoisotopic (exact) mass is 349 g/mol. The maximum atomic E-state index is 11.8. The first kappa shape index (κ1) is 19.9. The molecule has 138 valence electrons. The molecule has 1 rings (SSSR count). The van der Waals surface area contributed by atoms with Gasteiger partial charge in [-0.05, 0) is 34.1 Å². The second-order valence-electron chi connectivity index (χ2n) is 6.79. The number of hydroxylamine groups is 2. The Morgan fingerprint density at radius 2 is 1.71 bits per heavy atom. The van der Waals surface area contributed by atoms with Gasteiger partial charge < -0.3 is 14.5 Å². The molecule has 1 heterocycles. The van der Waals surface area contributed by atoms with Crippen LogP contribution in [0.2, 0.25) is 0 Å². The van der Waals surface area contributed by atoms with E-state index < -0.39 is 39.4 Å². The van der Waals surface area contributed by atoms with Gasteiger partial charge in [-0.15, -0.1) is 25.3 Å². The van der Waals surface area contributed by atoms with Crippen LogP contribution in [0.4, 0.5) is 0 Å². The number of hydrogen-bond donors (Lipinski definition) is 0. The van der Waals surface area contributed by atoms with Crippen LogP contribution in [0, 0.1) is 20.2 Å². The van der Waals surface area contributed by atoms with Gasteiger partial charge in [-0.25, -0.2) is 0 Å². The highest BCUT2D eigenvalue weighted by atomic mass is 17.0. The maximum Gasteiger partial charge on any atom is 0.324 e. The lowest BCUT2D eigenvalue weighted by Gasteiger charge is -2.46. The van der Waals surface area contributed by atoms with E-state index in [0.29, 0.717) is 0 Å². The van der Waals surface area contributed by atoms with Crippen molar-refractivity contribution in [1.82, 2.24) is 5.06 Å². The van der Waals surface area contributed by atoms with E-state index in [-0.39, 0.29) is 19.3 Å². The van der Waals surface area contributed by atoms with Gasteiger partial charge in [0.1, 0.15) is 12.2 Å². The fourth-order valence-electron chi connectivity index (χ4n) is 3.05. The van der Waals surface area contributed by atoms with Gasteiger partial charge in [-0.3, -0.25) is 4.79 Å². The highest BCUT2D eigenvalue weighted by Gasteiger charge is 2.52. The van der Waals surface area contributed by atoms with Crippen LogP contribution in [0.3, 0.4) is 0 Å². The zero-order valence-electron chi connectivity index (χ0n) is 14.4. The molecule has 1 fully saturated rings. The molecule has 0 bridgehead atoms. The third kappa shape index (κ3) is 4.66. The van der Waals surface area contributed by atoms with Crippen LogP contribution >= 0.6 is 0 Å². The van der Waals surface area contributed by atoms with Gasteiger partial charge >= 0.3 is 5.97 Å². The maximum absolute atomic E-state index is 11.8. The van der Waals surface area contributed by atoms with E-state index in [1.54, 1.807) is 34.6 Å². The van der Waals surface area contributed by atoms with Crippen LogP contribution in [-0.2, 0) is 19.3 Å². The Kier molecular flexibility index (Phi) is 5.93. The molecule has 11 heteroatoms. The first-order chi connectivity index (χ1) is 10.9. The fourth-order valence-corrected chi connectivity index (χ4v) is 3.05. The summed E-state index contributed by atoms with van der Waals surface area (Å²) in [4.78, 5) is 48.0. The lowest BCUT2D eigenvalue weighted by atomic mass is 9.93. The van der Waals surface area contributed by atoms with E-state index in [1.165, 1.54) is 5.06 Å². The number of carbonyl (C=O) groups is 1. The molecule has 0 N–H and O–H groups in total. The number of carbonyl (C=O) groups excluding carboxylic acids is 1. The Morgan fingerprint density at radius 1 is 1.17 bits per heavy atom. The van der Waals surface area contributed by atoms with Gasteiger partial charge in [-0.2, -0.15) is 0 Å². The van der Waals surface area contributed by atoms with Crippen molar-refractivity contribution in [2.24, 2.45) is 0 Å². The first-order valence-corrected chi connectivity index (χ1v) is 7.53. The van der Waals surface area contributed by atoms with Crippen molar-refractivity contribution in [3.63, 3.8) is 0 Å². The predicted octanol–water partition coefficient (Wildman–Crippen LogP) is 1.66. The van der Waals surface area contributed by atoms with Crippen molar-refractivity contribution in [2.45, 2.75) is 77.2 Å². The zero-order chi connectivity index (χ0) is 18.7. The minimum absolute atomic E-state index is 0.0986. The van der Waals surface area contributed by atoms with Gasteiger partial charge in [-0.1, -0.05) is 6.92 Å². The molecular weight excluding hydrogens is 326 g/mol. The molecule has 1 aliphatic heterocycles. The van der Waals surface area contributed by atoms with Crippen LogP contribution in [0.1, 0.15) is 53.9 Å². The van der Waals surface area contributed by atoms with Crippen molar-refractivity contribution >= 4 is 5.97 Å². The normalized spacial score (nSPS) is 26.0. The van der Waals surface area contributed by atoms with Crippen molar-refractivity contribution in [1.29, 1.82) is 0 Å². The lowest BCUT2D eigenvalue weighted by Crippen LogP contribution is -2.60. The van der Waals surface area contributed by atoms with Crippen molar-refractivity contribution in [2.75, 3.05) is 0 Å². The highest BCUT2D eigenvalue weighted by molar-refractivity contribution is 5.68. The molecule has 11 nitrogen and oxygen atoms in total. The Balaban J connectivity index is 3.26. The first-order valence-electron chi connectivity index (χ1n) is 7.53. The Hall–Kier alpha value is -2.17. The van der Waals surface area contributed by atoms with Gasteiger partial charge in [0.2, 0.25) is 0 Å². The Bertz CT molecular complexity index is 507. The molecule has 24 heavy (non-hydrogen) atoms. The summed E-state index contributed by atoms with van der Waals surface area (Å²) in [6.07, 6.45) is -1.91. The second-order valence-corrected chi connectivity index (χ2v) is 6.79. The van der Waals surface area contributed by atoms with Crippen LogP contribution in [-0.4, -0.2) is 44.5 Å². The van der Waals surface area contributed by atoms with Gasteiger partial charge in [0.25, 0.3) is 10.2 Å². The largest absolute Gasteiger partial charge is 0.367 e. The molecule has 0 aliphatic carbocycles. The quantitative estimate of drug-likeness (QED) is 0.518. The minimum Gasteiger partial charge on any atom is -0.367 e. The van der Waals surface area contributed by atoms with E-state index in [0.717, 1.165) is 0 Å². The zero-order valence-corrected chi connectivity index (χ0v) is 14.4. The standard InChI is InChI=1S/C13H23N3O8/c1-6-11(17)24-14-12(2,3)8-9(22-15(18)19)7-10(13(14,4)5)23-16(20)21/h9-10H,6-8H2,1-5H3. The van der Waals surface area contributed by atoms with E-state index in [1.807, 2.05) is 0 Å². The van der Waals surface area contributed by atoms with E-state index >= 15 is 0 Å². The van der Waals surface area contributed by atoms with E-state index in [2.05, 4.69) is 4.84 Å². The molecule has 0 radical (unpaired) electrons. The smallest absolute Gasteiger partial charge is 0.324 e. The number of nitrogens with zero attached hydrogens (tertiary/aromatic N) is 3. The second kappa shape index (κ2) is 7.16. The van der Waals surface area contributed by atoms with Crippen LogP contribution in [0.5, 0.6) is 0 Å². The third-order valence-corrected chi connectivity index (χ3v) is 4.00. The van der Waals surface area contributed by atoms with Crippen molar-refractivity contribution < 1.29 is 29.5 Å². The third-order valence-electron chi connectivity index (χ3n) is 4.00. The summed E-state index contributed by atoms with van der Waals surface area (Å²) in [7, 11) is 0. The molecule has 0 aromatic heterocycles. The molecule has 0 spiro atoms. The Labute approximate surface area is 139 Å². The Morgan fingerprint density at radius 3 is 2.17 bits per heavy atom. The van der Waals surface area contributed by atoms with Crippen LogP contribution in [0.25, 0.3) is 0 Å². The summed E-state index contributed by atoms with van der Waals surface area (Å²) in [5, 5.41) is 20.9. The van der Waals surface area contributed by atoms with Crippen LogP contribution in [0.15, 0.2) is 0 Å². The van der Waals surface area contributed by atoms with Crippen LogP contribution < -0.4 is 0 Å². The topological polar surface area (TPSA) is 134 Å². The average Bonchev–Trinajstić information content (AvgIpc) is 2.46. The molecule has 0 aromatic rings.